The third-order valence-corrected chi connectivity index (χ3v) is 3.86. The molecular weight excluding hydrogens is 298 g/mol. The SMILES string of the molecule is CCc1c(C)[nH][n+]2cnn(Cc3ccccc3[N+](=O)[O-])c2c1=O. The average molecular weight is 314 g/mol. The van der Waals surface area contributed by atoms with Gasteiger partial charge in [-0.25, -0.2) is 5.10 Å². The van der Waals surface area contributed by atoms with E-state index in [0.717, 1.165) is 5.69 Å². The minimum absolute atomic E-state index is 0.0143. The van der Waals surface area contributed by atoms with Crippen LogP contribution in [0, 0.1) is 17.0 Å². The van der Waals surface area contributed by atoms with Crippen molar-refractivity contribution >= 4 is 11.3 Å². The second-order valence-electron chi connectivity index (χ2n) is 5.27. The fourth-order valence-electron chi connectivity index (χ4n) is 2.73. The summed E-state index contributed by atoms with van der Waals surface area (Å²) in [7, 11) is 0. The number of aromatic amines is 1. The lowest BCUT2D eigenvalue weighted by Crippen LogP contribution is -2.35. The largest absolute Gasteiger partial charge is 0.331 e. The van der Waals surface area contributed by atoms with Gasteiger partial charge in [0.15, 0.2) is 0 Å². The summed E-state index contributed by atoms with van der Waals surface area (Å²) >= 11 is 0. The molecule has 0 fully saturated rings. The van der Waals surface area contributed by atoms with Crippen LogP contribution < -0.4 is 9.94 Å². The maximum absolute atomic E-state index is 12.6. The Balaban J connectivity index is 2.16. The first-order valence-corrected chi connectivity index (χ1v) is 7.24. The number of hydrogen-bond donors (Lipinski definition) is 1. The second-order valence-corrected chi connectivity index (χ2v) is 5.27. The molecule has 0 radical (unpaired) electrons. The molecule has 3 aromatic rings. The molecule has 0 aliphatic carbocycles. The highest BCUT2D eigenvalue weighted by molar-refractivity contribution is 5.42. The summed E-state index contributed by atoms with van der Waals surface area (Å²) < 4.78 is 3.03. The number of nitro groups is 1. The van der Waals surface area contributed by atoms with Crippen molar-refractivity contribution in [2.45, 2.75) is 26.8 Å². The van der Waals surface area contributed by atoms with Gasteiger partial charge in [0.1, 0.15) is 6.54 Å². The monoisotopic (exact) mass is 314 g/mol. The number of rotatable bonds is 4. The Morgan fingerprint density at radius 1 is 1.39 bits per heavy atom. The van der Waals surface area contributed by atoms with Gasteiger partial charge in [0, 0.05) is 22.4 Å². The number of para-hydroxylation sites is 1. The molecule has 118 valence electrons. The number of nitrogens with one attached hydrogen (secondary N) is 1. The van der Waals surface area contributed by atoms with Crippen LogP contribution in [-0.2, 0) is 13.0 Å². The van der Waals surface area contributed by atoms with Crippen molar-refractivity contribution in [2.75, 3.05) is 0 Å². The lowest BCUT2D eigenvalue weighted by atomic mass is 10.1. The Morgan fingerprint density at radius 2 is 2.13 bits per heavy atom. The molecule has 0 saturated carbocycles. The highest BCUT2D eigenvalue weighted by Gasteiger charge is 2.22. The summed E-state index contributed by atoms with van der Waals surface area (Å²) in [5.74, 6) is 0. The van der Waals surface area contributed by atoms with Crippen LogP contribution in [0.1, 0.15) is 23.7 Å². The van der Waals surface area contributed by atoms with Crippen molar-refractivity contribution in [3.05, 3.63) is 67.8 Å². The lowest BCUT2D eigenvalue weighted by Gasteiger charge is -2.02. The van der Waals surface area contributed by atoms with Crippen LogP contribution in [-0.4, -0.2) is 19.8 Å². The number of nitro benzene ring substituents is 1. The Morgan fingerprint density at radius 3 is 2.83 bits per heavy atom. The van der Waals surface area contributed by atoms with Gasteiger partial charge in [-0.3, -0.25) is 14.9 Å². The van der Waals surface area contributed by atoms with E-state index in [1.54, 1.807) is 22.7 Å². The molecule has 23 heavy (non-hydrogen) atoms. The van der Waals surface area contributed by atoms with Crippen molar-refractivity contribution in [1.29, 1.82) is 0 Å². The number of aryl methyl sites for hydroxylation is 1. The number of nitrogens with zero attached hydrogens (tertiary/aromatic N) is 4. The van der Waals surface area contributed by atoms with E-state index in [4.69, 9.17) is 0 Å². The molecule has 0 spiro atoms. The summed E-state index contributed by atoms with van der Waals surface area (Å²) in [5, 5.41) is 18.4. The predicted octanol–water partition coefficient (Wildman–Crippen LogP) is 1.14. The number of H-pyrrole nitrogens is 1. The number of aromatic nitrogens is 4. The first-order valence-electron chi connectivity index (χ1n) is 7.24. The normalized spacial score (nSPS) is 11.0. The Bertz CT molecular complexity index is 957. The molecule has 2 heterocycles. The molecule has 8 nitrogen and oxygen atoms in total. The zero-order chi connectivity index (χ0) is 16.6. The smallest absolute Gasteiger partial charge is 0.282 e. The summed E-state index contributed by atoms with van der Waals surface area (Å²) in [6.45, 7) is 3.91. The van der Waals surface area contributed by atoms with Crippen LogP contribution in [0.3, 0.4) is 0 Å². The van der Waals surface area contributed by atoms with Crippen LogP contribution in [0.4, 0.5) is 5.69 Å². The van der Waals surface area contributed by atoms with Gasteiger partial charge >= 0.3 is 5.65 Å². The van der Waals surface area contributed by atoms with Gasteiger partial charge in [0.25, 0.3) is 17.4 Å². The summed E-state index contributed by atoms with van der Waals surface area (Å²) in [4.78, 5) is 23.3. The predicted molar refractivity (Wildman–Crippen MR) is 82.3 cm³/mol. The fourth-order valence-corrected chi connectivity index (χ4v) is 2.73. The van der Waals surface area contributed by atoms with E-state index in [1.165, 1.54) is 17.1 Å². The standard InChI is InChI=1S/C15H15N5O3/c1-3-12-10(2)17-19-9-16-18(15(19)14(12)21)8-11-6-4-5-7-13(11)20(22)23/h4-7,9H,3,8H2,1-2H3/p+1. The van der Waals surface area contributed by atoms with Crippen LogP contribution >= 0.6 is 0 Å². The number of benzene rings is 1. The van der Waals surface area contributed by atoms with Gasteiger partial charge in [0.05, 0.1) is 10.5 Å². The Kier molecular flexibility index (Phi) is 3.65. The van der Waals surface area contributed by atoms with Gasteiger partial charge in [0.2, 0.25) is 0 Å². The van der Waals surface area contributed by atoms with Crippen LogP contribution in [0.15, 0.2) is 35.4 Å². The Hall–Kier alpha value is -3.03. The van der Waals surface area contributed by atoms with Gasteiger partial charge in [-0.1, -0.05) is 23.7 Å². The van der Waals surface area contributed by atoms with E-state index in [0.29, 0.717) is 23.2 Å². The first-order chi connectivity index (χ1) is 11.0. The molecule has 2 aromatic heterocycles. The minimum Gasteiger partial charge on any atom is -0.282 e. The zero-order valence-electron chi connectivity index (χ0n) is 12.8. The molecule has 0 unspecified atom stereocenters. The van der Waals surface area contributed by atoms with Crippen LogP contribution in [0.5, 0.6) is 0 Å². The van der Waals surface area contributed by atoms with Crippen molar-refractivity contribution in [3.8, 4) is 0 Å². The maximum atomic E-state index is 12.6. The molecule has 8 heteroatoms. The van der Waals surface area contributed by atoms with Gasteiger partial charge in [-0.05, 0) is 19.4 Å². The molecule has 1 N–H and O–H groups in total. The maximum Gasteiger partial charge on any atom is 0.331 e. The molecule has 0 atom stereocenters. The quantitative estimate of drug-likeness (QED) is 0.443. The molecule has 0 aliphatic rings. The van der Waals surface area contributed by atoms with E-state index in [9.17, 15) is 14.9 Å². The summed E-state index contributed by atoms with van der Waals surface area (Å²) in [6.07, 6.45) is 2.10. The van der Waals surface area contributed by atoms with E-state index in [1.807, 2.05) is 13.8 Å². The third-order valence-electron chi connectivity index (χ3n) is 3.86. The third kappa shape index (κ3) is 2.48. The van der Waals surface area contributed by atoms with E-state index in [-0.39, 0.29) is 17.7 Å². The molecule has 0 saturated heterocycles. The van der Waals surface area contributed by atoms with Gasteiger partial charge in [-0.2, -0.15) is 0 Å². The molecule has 3 rings (SSSR count). The average Bonchev–Trinajstić information content (AvgIpc) is 2.91. The van der Waals surface area contributed by atoms with Gasteiger partial charge in [-0.15, -0.1) is 4.52 Å². The van der Waals surface area contributed by atoms with Crippen molar-refractivity contribution in [1.82, 2.24) is 14.9 Å². The highest BCUT2D eigenvalue weighted by atomic mass is 16.6. The molecular formula is C15H16N5O3+. The number of fused-ring (bicyclic) bond motifs is 1. The second kappa shape index (κ2) is 5.64. The van der Waals surface area contributed by atoms with Crippen LogP contribution in [0.2, 0.25) is 0 Å². The number of hydrogen-bond acceptors (Lipinski definition) is 4. The highest BCUT2D eigenvalue weighted by Crippen LogP contribution is 2.18. The molecule has 0 aliphatic heterocycles. The summed E-state index contributed by atoms with van der Waals surface area (Å²) in [6, 6.07) is 6.45. The minimum atomic E-state index is -0.431. The Labute approximate surface area is 131 Å². The van der Waals surface area contributed by atoms with Crippen LogP contribution in [0.25, 0.3) is 5.65 Å². The van der Waals surface area contributed by atoms with E-state index in [2.05, 4.69) is 10.2 Å². The van der Waals surface area contributed by atoms with Crippen molar-refractivity contribution in [3.63, 3.8) is 0 Å². The molecule has 0 amide bonds. The first kappa shape index (κ1) is 14.9. The van der Waals surface area contributed by atoms with E-state index < -0.39 is 4.92 Å². The summed E-state index contributed by atoms with van der Waals surface area (Å²) in [5.41, 5.74) is 2.25. The zero-order valence-corrected chi connectivity index (χ0v) is 12.8. The van der Waals surface area contributed by atoms with Crippen molar-refractivity contribution in [2.24, 2.45) is 0 Å². The molecule has 1 aromatic carbocycles. The topological polar surface area (TPSA) is 97.9 Å². The van der Waals surface area contributed by atoms with Gasteiger partial charge < -0.3 is 0 Å². The van der Waals surface area contributed by atoms with E-state index >= 15 is 0 Å². The lowest BCUT2D eigenvalue weighted by molar-refractivity contribution is -0.582. The molecule has 0 bridgehead atoms. The van der Waals surface area contributed by atoms with Crippen molar-refractivity contribution < 1.29 is 9.44 Å². The fraction of sp³-hybridized carbons (Fsp3) is 0.267.